The zero-order chi connectivity index (χ0) is 18.4. The molecule has 2 aromatic rings. The fraction of sp³-hybridized carbons (Fsp3) is 0.409. The van der Waals surface area contributed by atoms with Gasteiger partial charge in [0.05, 0.1) is 11.2 Å². The molecule has 0 aliphatic heterocycles. The Labute approximate surface area is 152 Å². The Morgan fingerprint density at radius 2 is 1.75 bits per heavy atom. The third kappa shape index (κ3) is 4.73. The Bertz CT molecular complexity index is 754. The van der Waals surface area contributed by atoms with Crippen molar-refractivity contribution >= 4 is 27.6 Å². The molecule has 130 valence electrons. The number of hydrogen-bond acceptors (Lipinski definition) is 2. The Balaban J connectivity index is 0.00000139. The lowest BCUT2D eigenvalue weighted by Gasteiger charge is -2.11. The molecule has 0 saturated carbocycles. The fourth-order valence-corrected chi connectivity index (χ4v) is 3.03. The molecule has 0 fully saturated rings. The average molecular weight is 342 g/mol. The molecule has 2 heteroatoms. The summed E-state index contributed by atoms with van der Waals surface area (Å²) in [7, 11) is 0. The van der Waals surface area contributed by atoms with E-state index in [4.69, 9.17) is 4.98 Å². The maximum absolute atomic E-state index is 4.87. The lowest BCUT2D eigenvalue weighted by atomic mass is 10.0. The molecule has 0 atom stereocenters. The number of hydrogen-bond donors (Lipinski definition) is 0. The number of allylic oxidation sites excluding steroid dienone is 1. The van der Waals surface area contributed by atoms with Gasteiger partial charge in [-0.3, -0.25) is 0 Å². The standard InChI is InChI=1S/C20H25NS.C2H6/c1-12(2)15(5)11-22-17(7)19-10-14(4)18-9-8-13(3)16(6)20(18)21-19;1-2/h8-12H,7H2,1-6H3;1-2H3/b15-11+;. The monoisotopic (exact) mass is 341 g/mol. The van der Waals surface area contributed by atoms with Gasteiger partial charge in [-0.1, -0.05) is 63.7 Å². The second kappa shape index (κ2) is 9.08. The van der Waals surface area contributed by atoms with Crippen molar-refractivity contribution in [3.05, 3.63) is 58.1 Å². The maximum atomic E-state index is 4.87. The molecule has 0 spiro atoms. The summed E-state index contributed by atoms with van der Waals surface area (Å²) in [6, 6.07) is 6.48. The smallest absolute Gasteiger partial charge is 0.0773 e. The number of pyridine rings is 1. The number of thioether (sulfide) groups is 1. The summed E-state index contributed by atoms with van der Waals surface area (Å²) in [6.07, 6.45) is 0. The van der Waals surface area contributed by atoms with Gasteiger partial charge in [0.15, 0.2) is 0 Å². The zero-order valence-corrected chi connectivity index (χ0v) is 17.3. The number of rotatable bonds is 4. The first kappa shape index (κ1) is 20.5. The molecule has 1 heterocycles. The van der Waals surface area contributed by atoms with E-state index >= 15 is 0 Å². The predicted molar refractivity (Wildman–Crippen MR) is 113 cm³/mol. The van der Waals surface area contributed by atoms with Crippen LogP contribution in [0, 0.1) is 26.7 Å². The molecule has 0 bridgehead atoms. The van der Waals surface area contributed by atoms with E-state index in [0.717, 1.165) is 16.1 Å². The van der Waals surface area contributed by atoms with Crippen molar-refractivity contribution in [2.45, 2.75) is 55.4 Å². The predicted octanol–water partition coefficient (Wildman–Crippen LogP) is 7.45. The van der Waals surface area contributed by atoms with E-state index in [1.807, 2.05) is 13.8 Å². The van der Waals surface area contributed by atoms with E-state index in [0.29, 0.717) is 5.92 Å². The Morgan fingerprint density at radius 3 is 2.33 bits per heavy atom. The summed E-state index contributed by atoms with van der Waals surface area (Å²) < 4.78 is 0. The summed E-state index contributed by atoms with van der Waals surface area (Å²) in [4.78, 5) is 5.87. The van der Waals surface area contributed by atoms with Crippen molar-refractivity contribution in [1.29, 1.82) is 0 Å². The van der Waals surface area contributed by atoms with Crippen molar-refractivity contribution < 1.29 is 0 Å². The lowest BCUT2D eigenvalue weighted by molar-refractivity contribution is 0.772. The minimum atomic E-state index is 0.566. The number of fused-ring (bicyclic) bond motifs is 1. The lowest BCUT2D eigenvalue weighted by Crippen LogP contribution is -1.94. The van der Waals surface area contributed by atoms with Crippen LogP contribution in [0.5, 0.6) is 0 Å². The molecule has 24 heavy (non-hydrogen) atoms. The van der Waals surface area contributed by atoms with Crippen LogP contribution in [0.4, 0.5) is 0 Å². The van der Waals surface area contributed by atoms with Gasteiger partial charge in [0, 0.05) is 10.3 Å². The summed E-state index contributed by atoms with van der Waals surface area (Å²) in [5, 5.41) is 3.43. The third-order valence-corrected chi connectivity index (χ3v) is 5.28. The van der Waals surface area contributed by atoms with Crippen molar-refractivity contribution in [1.82, 2.24) is 4.98 Å². The van der Waals surface area contributed by atoms with Crippen molar-refractivity contribution in [3.8, 4) is 0 Å². The van der Waals surface area contributed by atoms with Crippen LogP contribution < -0.4 is 0 Å². The van der Waals surface area contributed by atoms with E-state index in [-0.39, 0.29) is 0 Å². The van der Waals surface area contributed by atoms with Crippen molar-refractivity contribution in [2.24, 2.45) is 5.92 Å². The van der Waals surface area contributed by atoms with Gasteiger partial charge >= 0.3 is 0 Å². The minimum Gasteiger partial charge on any atom is -0.247 e. The molecule has 2 rings (SSSR count). The van der Waals surface area contributed by atoms with Crippen LogP contribution in [0.15, 0.2) is 35.8 Å². The zero-order valence-electron chi connectivity index (χ0n) is 16.4. The normalized spacial score (nSPS) is 11.5. The van der Waals surface area contributed by atoms with Crippen LogP contribution in [-0.2, 0) is 0 Å². The second-order valence-corrected chi connectivity index (χ2v) is 7.25. The molecule has 0 aliphatic rings. The maximum Gasteiger partial charge on any atom is 0.0773 e. The van der Waals surface area contributed by atoms with Gasteiger partial charge in [-0.15, -0.1) is 0 Å². The first-order chi connectivity index (χ1) is 11.3. The molecule has 0 N–H and O–H groups in total. The Kier molecular flexibility index (Phi) is 7.75. The number of benzene rings is 1. The second-order valence-electron chi connectivity index (χ2n) is 6.29. The van der Waals surface area contributed by atoms with E-state index in [1.165, 1.54) is 27.6 Å². The summed E-state index contributed by atoms with van der Waals surface area (Å²) in [5.41, 5.74) is 7.25. The highest BCUT2D eigenvalue weighted by atomic mass is 32.2. The van der Waals surface area contributed by atoms with Crippen LogP contribution in [0.1, 0.15) is 57.0 Å². The van der Waals surface area contributed by atoms with Crippen LogP contribution >= 0.6 is 11.8 Å². The SMILES string of the molecule is C=C(S/C=C(\C)C(C)C)c1cc(C)c2ccc(C)c(C)c2n1.CC. The van der Waals surface area contributed by atoms with Gasteiger partial charge in [-0.05, 0) is 61.8 Å². The van der Waals surface area contributed by atoms with Crippen LogP contribution in [0.3, 0.4) is 0 Å². The van der Waals surface area contributed by atoms with Crippen molar-refractivity contribution in [3.63, 3.8) is 0 Å². The number of nitrogens with zero attached hydrogens (tertiary/aromatic N) is 1. The Hall–Kier alpha value is -1.54. The van der Waals surface area contributed by atoms with E-state index in [9.17, 15) is 0 Å². The van der Waals surface area contributed by atoms with Gasteiger partial charge in [-0.2, -0.15) is 0 Å². The van der Waals surface area contributed by atoms with Crippen LogP contribution in [0.25, 0.3) is 15.8 Å². The molecule has 1 nitrogen and oxygen atoms in total. The number of aryl methyl sites for hydroxylation is 3. The Morgan fingerprint density at radius 1 is 1.12 bits per heavy atom. The van der Waals surface area contributed by atoms with E-state index < -0.39 is 0 Å². The topological polar surface area (TPSA) is 12.9 Å². The minimum absolute atomic E-state index is 0.566. The van der Waals surface area contributed by atoms with Gasteiger partial charge in [0.25, 0.3) is 0 Å². The largest absolute Gasteiger partial charge is 0.247 e. The molecule has 0 aliphatic carbocycles. The van der Waals surface area contributed by atoms with Gasteiger partial charge in [-0.25, -0.2) is 4.98 Å². The first-order valence-electron chi connectivity index (χ1n) is 8.71. The number of aromatic nitrogens is 1. The fourth-order valence-electron chi connectivity index (χ4n) is 2.20. The van der Waals surface area contributed by atoms with Crippen molar-refractivity contribution in [2.75, 3.05) is 0 Å². The molecular weight excluding hydrogens is 310 g/mol. The summed E-state index contributed by atoms with van der Waals surface area (Å²) in [5.74, 6) is 0.566. The average Bonchev–Trinajstić information content (AvgIpc) is 2.57. The van der Waals surface area contributed by atoms with Crippen LogP contribution in [-0.4, -0.2) is 4.98 Å². The van der Waals surface area contributed by atoms with Gasteiger partial charge in [0.1, 0.15) is 0 Å². The van der Waals surface area contributed by atoms with E-state index in [1.54, 1.807) is 11.8 Å². The molecule has 1 aromatic carbocycles. The molecule has 0 amide bonds. The molecular formula is C22H31NS. The van der Waals surface area contributed by atoms with E-state index in [2.05, 4.69) is 71.7 Å². The molecule has 1 aromatic heterocycles. The molecule has 0 saturated heterocycles. The van der Waals surface area contributed by atoms with Gasteiger partial charge < -0.3 is 0 Å². The first-order valence-corrected chi connectivity index (χ1v) is 9.59. The highest BCUT2D eigenvalue weighted by Gasteiger charge is 2.09. The third-order valence-electron chi connectivity index (χ3n) is 4.30. The highest BCUT2D eigenvalue weighted by Crippen LogP contribution is 2.31. The summed E-state index contributed by atoms with van der Waals surface area (Å²) in [6.45, 7) is 21.2. The quantitative estimate of drug-likeness (QED) is 0.572. The van der Waals surface area contributed by atoms with Crippen LogP contribution in [0.2, 0.25) is 0 Å². The highest BCUT2D eigenvalue weighted by molar-refractivity contribution is 8.10. The molecule has 0 radical (unpaired) electrons. The summed E-state index contributed by atoms with van der Waals surface area (Å²) >= 11 is 1.67. The van der Waals surface area contributed by atoms with Gasteiger partial charge in [0.2, 0.25) is 0 Å². The molecule has 0 unspecified atom stereocenters.